The van der Waals surface area contributed by atoms with Crippen LogP contribution in [0, 0.1) is 0 Å². The topological polar surface area (TPSA) is 66.3 Å². The lowest BCUT2D eigenvalue weighted by Gasteiger charge is -2.26. The summed E-state index contributed by atoms with van der Waals surface area (Å²) in [5, 5.41) is 3.54. The van der Waals surface area contributed by atoms with Crippen molar-refractivity contribution in [3.63, 3.8) is 0 Å². The number of hydrogen-bond donors (Lipinski definition) is 1. The summed E-state index contributed by atoms with van der Waals surface area (Å²) < 4.78 is 2.27. The second-order valence-electron chi connectivity index (χ2n) is 10.3. The zero-order chi connectivity index (χ0) is 25.9. The van der Waals surface area contributed by atoms with E-state index in [4.69, 9.17) is 4.98 Å². The van der Waals surface area contributed by atoms with Gasteiger partial charge in [-0.2, -0.15) is 0 Å². The molecule has 1 saturated heterocycles. The van der Waals surface area contributed by atoms with Crippen LogP contribution in [0.3, 0.4) is 0 Å². The minimum absolute atomic E-state index is 0.134. The number of carbonyl (C=O) groups is 1. The molecule has 1 N–H and O–H groups in total. The Labute approximate surface area is 222 Å². The minimum Gasteiger partial charge on any atom is -0.351 e. The van der Waals surface area contributed by atoms with Gasteiger partial charge in [0, 0.05) is 44.1 Å². The molecule has 37 heavy (non-hydrogen) atoms. The largest absolute Gasteiger partial charge is 0.351 e. The lowest BCUT2D eigenvalue weighted by Crippen LogP contribution is -2.33. The number of aryl methyl sites for hydroxylation is 1. The Morgan fingerprint density at radius 2 is 1.78 bits per heavy atom. The van der Waals surface area contributed by atoms with E-state index in [2.05, 4.69) is 45.7 Å². The number of nitrogens with one attached hydrogen (secondary N) is 1. The maximum absolute atomic E-state index is 13.5. The van der Waals surface area contributed by atoms with Gasteiger partial charge in [0.1, 0.15) is 0 Å². The Kier molecular flexibility index (Phi) is 10.4. The zero-order valence-electron chi connectivity index (χ0n) is 22.8. The van der Waals surface area contributed by atoms with E-state index < -0.39 is 0 Å². The van der Waals surface area contributed by atoms with E-state index in [1.54, 1.807) is 6.20 Å². The number of likely N-dealkylation sites (tertiary alicyclic amines) is 1. The molecule has 7 nitrogen and oxygen atoms in total. The fraction of sp³-hybridized carbons (Fsp3) is 0.567. The van der Waals surface area contributed by atoms with Crippen molar-refractivity contribution in [3.8, 4) is 0 Å². The van der Waals surface area contributed by atoms with Crippen LogP contribution in [0.4, 0.5) is 5.95 Å². The molecule has 4 rings (SSSR count). The van der Waals surface area contributed by atoms with Gasteiger partial charge in [-0.15, -0.1) is 0 Å². The van der Waals surface area contributed by atoms with Crippen molar-refractivity contribution in [2.75, 3.05) is 38.0 Å². The fourth-order valence-electron chi connectivity index (χ4n) is 5.13. The van der Waals surface area contributed by atoms with Crippen LogP contribution >= 0.6 is 0 Å². The third kappa shape index (κ3) is 7.54. The normalized spacial score (nSPS) is 14.2. The van der Waals surface area contributed by atoms with Gasteiger partial charge >= 0.3 is 0 Å². The van der Waals surface area contributed by atoms with Gasteiger partial charge in [-0.1, -0.05) is 39.2 Å². The van der Waals surface area contributed by atoms with Crippen LogP contribution in [0.1, 0.15) is 81.1 Å². The van der Waals surface area contributed by atoms with Gasteiger partial charge in [-0.3, -0.25) is 9.78 Å². The first-order valence-corrected chi connectivity index (χ1v) is 14.3. The van der Waals surface area contributed by atoms with Gasteiger partial charge < -0.3 is 19.7 Å². The van der Waals surface area contributed by atoms with Crippen molar-refractivity contribution in [2.45, 2.75) is 78.3 Å². The van der Waals surface area contributed by atoms with Crippen LogP contribution < -0.4 is 5.32 Å². The second-order valence-corrected chi connectivity index (χ2v) is 10.3. The molecule has 0 radical (unpaired) electrons. The molecule has 2 aromatic heterocycles. The lowest BCUT2D eigenvalue weighted by molar-refractivity contribution is 0.0751. The molecular formula is C30H44N6O. The van der Waals surface area contributed by atoms with Gasteiger partial charge in [0.15, 0.2) is 0 Å². The Hall–Kier alpha value is -2.93. The van der Waals surface area contributed by atoms with Crippen LogP contribution in [0.2, 0.25) is 0 Å². The number of unbranched alkanes of at least 4 members (excludes halogenated alkanes) is 2. The number of pyridine rings is 1. The molecule has 1 aromatic carbocycles. The van der Waals surface area contributed by atoms with Crippen molar-refractivity contribution >= 4 is 22.9 Å². The summed E-state index contributed by atoms with van der Waals surface area (Å²) >= 11 is 0. The molecule has 0 atom stereocenters. The van der Waals surface area contributed by atoms with E-state index >= 15 is 0 Å². The number of benzene rings is 1. The van der Waals surface area contributed by atoms with Crippen molar-refractivity contribution in [1.29, 1.82) is 0 Å². The van der Waals surface area contributed by atoms with Crippen molar-refractivity contribution < 1.29 is 4.79 Å². The van der Waals surface area contributed by atoms with Gasteiger partial charge in [-0.25, -0.2) is 4.98 Å². The molecule has 0 saturated carbocycles. The molecule has 0 bridgehead atoms. The van der Waals surface area contributed by atoms with Crippen LogP contribution in [-0.4, -0.2) is 63.0 Å². The maximum Gasteiger partial charge on any atom is 0.253 e. The molecule has 3 heterocycles. The maximum atomic E-state index is 13.5. The van der Waals surface area contributed by atoms with Crippen LogP contribution in [0.15, 0.2) is 42.7 Å². The third-order valence-electron chi connectivity index (χ3n) is 7.32. The number of amides is 1. The average molecular weight is 505 g/mol. The van der Waals surface area contributed by atoms with E-state index in [0.717, 1.165) is 86.4 Å². The number of imidazole rings is 1. The number of hydrogen-bond acceptors (Lipinski definition) is 5. The first kappa shape index (κ1) is 27.1. The van der Waals surface area contributed by atoms with Gasteiger partial charge in [0.05, 0.1) is 11.0 Å². The number of carbonyl (C=O) groups excluding carboxylic acids is 1. The van der Waals surface area contributed by atoms with Crippen molar-refractivity contribution in [2.24, 2.45) is 0 Å². The third-order valence-corrected chi connectivity index (χ3v) is 7.32. The summed E-state index contributed by atoms with van der Waals surface area (Å²) in [6.45, 7) is 11.0. The fourth-order valence-corrected chi connectivity index (χ4v) is 5.13. The molecule has 3 aromatic rings. The SMILES string of the molecule is CCCCN(CCCC)C(=O)c1ccc2nc(NCc3cccnc3)n(CCCN3CCCCC3)c2c1. The second kappa shape index (κ2) is 14.1. The van der Waals surface area contributed by atoms with Crippen LogP contribution in [-0.2, 0) is 13.1 Å². The first-order chi connectivity index (χ1) is 18.2. The number of aromatic nitrogens is 3. The number of piperidine rings is 1. The average Bonchev–Trinajstić information content (AvgIpc) is 3.29. The molecule has 0 unspecified atom stereocenters. The summed E-state index contributed by atoms with van der Waals surface area (Å²) in [6.07, 6.45) is 13.0. The summed E-state index contributed by atoms with van der Waals surface area (Å²) in [4.78, 5) is 27.3. The molecule has 0 spiro atoms. The summed E-state index contributed by atoms with van der Waals surface area (Å²) in [5.41, 5.74) is 3.84. The molecule has 1 aliphatic rings. The Bertz CT molecular complexity index is 1100. The lowest BCUT2D eigenvalue weighted by atomic mass is 10.1. The van der Waals surface area contributed by atoms with E-state index in [0.29, 0.717) is 6.54 Å². The predicted octanol–water partition coefficient (Wildman–Crippen LogP) is 5.96. The first-order valence-electron chi connectivity index (χ1n) is 14.3. The highest BCUT2D eigenvalue weighted by Gasteiger charge is 2.18. The highest BCUT2D eigenvalue weighted by Crippen LogP contribution is 2.24. The Morgan fingerprint density at radius 3 is 2.49 bits per heavy atom. The molecule has 1 amide bonds. The van der Waals surface area contributed by atoms with E-state index in [1.165, 1.54) is 32.4 Å². The van der Waals surface area contributed by atoms with Crippen molar-refractivity contribution in [1.82, 2.24) is 24.3 Å². The number of rotatable bonds is 14. The monoisotopic (exact) mass is 504 g/mol. The molecule has 1 aliphatic heterocycles. The van der Waals surface area contributed by atoms with Crippen molar-refractivity contribution in [3.05, 3.63) is 53.9 Å². The van der Waals surface area contributed by atoms with E-state index in [9.17, 15) is 4.79 Å². The smallest absolute Gasteiger partial charge is 0.253 e. The van der Waals surface area contributed by atoms with E-state index in [1.807, 2.05) is 29.3 Å². The highest BCUT2D eigenvalue weighted by atomic mass is 16.2. The Balaban J connectivity index is 1.57. The standard InChI is InChI=1S/C30H44N6O/c1-3-5-19-35(20-6-4-2)29(37)26-13-14-27-28(22-26)36(21-11-18-34-16-8-7-9-17-34)30(33-27)32-24-25-12-10-15-31-23-25/h10,12-15,22-23H,3-9,11,16-21,24H2,1-2H3,(H,32,33). The number of fused-ring (bicyclic) bond motifs is 1. The molecular weight excluding hydrogens is 460 g/mol. The predicted molar refractivity (Wildman–Crippen MR) is 152 cm³/mol. The Morgan fingerprint density at radius 1 is 1.00 bits per heavy atom. The van der Waals surface area contributed by atoms with E-state index in [-0.39, 0.29) is 5.91 Å². The minimum atomic E-state index is 0.134. The molecule has 1 fully saturated rings. The molecule has 200 valence electrons. The molecule has 7 heteroatoms. The van der Waals surface area contributed by atoms with Gasteiger partial charge in [0.2, 0.25) is 5.95 Å². The quantitative estimate of drug-likeness (QED) is 0.293. The summed E-state index contributed by atoms with van der Waals surface area (Å²) in [5.74, 6) is 0.991. The summed E-state index contributed by atoms with van der Waals surface area (Å²) in [7, 11) is 0. The van der Waals surface area contributed by atoms with Gasteiger partial charge in [0.25, 0.3) is 5.91 Å². The number of nitrogens with zero attached hydrogens (tertiary/aromatic N) is 5. The summed E-state index contributed by atoms with van der Waals surface area (Å²) in [6, 6.07) is 10.1. The highest BCUT2D eigenvalue weighted by molar-refractivity contribution is 5.97. The van der Waals surface area contributed by atoms with Gasteiger partial charge in [-0.05, 0) is 81.6 Å². The van der Waals surface area contributed by atoms with Crippen LogP contribution in [0.25, 0.3) is 11.0 Å². The van der Waals surface area contributed by atoms with Crippen LogP contribution in [0.5, 0.6) is 0 Å². The zero-order valence-corrected chi connectivity index (χ0v) is 22.8. The molecule has 0 aliphatic carbocycles. The number of anilines is 1.